The van der Waals surface area contributed by atoms with Crippen molar-refractivity contribution in [3.63, 3.8) is 0 Å². The summed E-state index contributed by atoms with van der Waals surface area (Å²) in [5.41, 5.74) is 1.01. The third-order valence-corrected chi connectivity index (χ3v) is 3.61. The second-order valence-corrected chi connectivity index (χ2v) is 5.37. The van der Waals surface area contributed by atoms with Gasteiger partial charge >= 0.3 is 0 Å². The lowest BCUT2D eigenvalue weighted by molar-refractivity contribution is 0.317. The Morgan fingerprint density at radius 1 is 1.33 bits per heavy atom. The van der Waals surface area contributed by atoms with Gasteiger partial charge in [-0.1, -0.05) is 24.6 Å². The number of hydrogen-bond donors (Lipinski definition) is 1. The van der Waals surface area contributed by atoms with Crippen LogP contribution in [0.4, 0.5) is 5.69 Å². The molecule has 0 atom stereocenters. The van der Waals surface area contributed by atoms with Gasteiger partial charge in [0, 0.05) is 17.1 Å². The van der Waals surface area contributed by atoms with Crippen molar-refractivity contribution in [1.29, 1.82) is 0 Å². The lowest BCUT2D eigenvalue weighted by atomic mass is 10.3. The molecular formula is C14H16ClNOS. The standard InChI is InChI=1S/C14H16ClNOS/c1-2-7-17-14-6-5-11(9-13(14)15)16-10-12-4-3-8-18-12/h3-6,8-9,16H,2,7,10H2,1H3. The Morgan fingerprint density at radius 2 is 2.22 bits per heavy atom. The monoisotopic (exact) mass is 281 g/mol. The van der Waals surface area contributed by atoms with Gasteiger partial charge in [-0.2, -0.15) is 0 Å². The molecule has 0 spiro atoms. The molecule has 2 rings (SSSR count). The van der Waals surface area contributed by atoms with E-state index in [2.05, 4.69) is 29.8 Å². The first-order valence-electron chi connectivity index (χ1n) is 5.98. The summed E-state index contributed by atoms with van der Waals surface area (Å²) >= 11 is 7.90. The van der Waals surface area contributed by atoms with E-state index < -0.39 is 0 Å². The maximum atomic E-state index is 6.16. The average molecular weight is 282 g/mol. The SMILES string of the molecule is CCCOc1ccc(NCc2cccs2)cc1Cl. The van der Waals surface area contributed by atoms with Crippen LogP contribution < -0.4 is 10.1 Å². The highest BCUT2D eigenvalue weighted by Gasteiger charge is 2.03. The number of anilines is 1. The highest BCUT2D eigenvalue weighted by molar-refractivity contribution is 7.09. The molecule has 1 aromatic carbocycles. The Balaban J connectivity index is 1.95. The molecule has 0 fully saturated rings. The highest BCUT2D eigenvalue weighted by atomic mass is 35.5. The van der Waals surface area contributed by atoms with Crippen LogP contribution >= 0.6 is 22.9 Å². The van der Waals surface area contributed by atoms with E-state index >= 15 is 0 Å². The predicted molar refractivity (Wildman–Crippen MR) is 78.9 cm³/mol. The quantitative estimate of drug-likeness (QED) is 0.821. The van der Waals surface area contributed by atoms with Crippen molar-refractivity contribution < 1.29 is 4.74 Å². The van der Waals surface area contributed by atoms with Crippen LogP contribution in [0.25, 0.3) is 0 Å². The minimum absolute atomic E-state index is 0.652. The Kier molecular flexibility index (Phi) is 4.90. The van der Waals surface area contributed by atoms with Gasteiger partial charge in [-0.25, -0.2) is 0 Å². The van der Waals surface area contributed by atoms with Crippen LogP contribution in [0.3, 0.4) is 0 Å². The highest BCUT2D eigenvalue weighted by Crippen LogP contribution is 2.28. The van der Waals surface area contributed by atoms with Gasteiger partial charge in [-0.3, -0.25) is 0 Å². The zero-order valence-corrected chi connectivity index (χ0v) is 11.9. The Labute approximate surface area is 117 Å². The zero-order valence-electron chi connectivity index (χ0n) is 10.3. The van der Waals surface area contributed by atoms with E-state index in [0.29, 0.717) is 11.6 Å². The first-order valence-corrected chi connectivity index (χ1v) is 7.24. The molecule has 1 aromatic heterocycles. The van der Waals surface area contributed by atoms with Crippen molar-refractivity contribution in [3.8, 4) is 5.75 Å². The number of benzene rings is 1. The van der Waals surface area contributed by atoms with E-state index in [0.717, 1.165) is 24.4 Å². The Hall–Kier alpha value is -1.19. The van der Waals surface area contributed by atoms with Crippen molar-refractivity contribution >= 4 is 28.6 Å². The normalized spacial score (nSPS) is 10.3. The van der Waals surface area contributed by atoms with Gasteiger partial charge in [-0.15, -0.1) is 11.3 Å². The summed E-state index contributed by atoms with van der Waals surface area (Å²) in [7, 11) is 0. The molecule has 0 bridgehead atoms. The minimum atomic E-state index is 0.652. The number of rotatable bonds is 6. The first kappa shape index (κ1) is 13.2. The largest absolute Gasteiger partial charge is 0.492 e. The molecule has 2 nitrogen and oxygen atoms in total. The van der Waals surface area contributed by atoms with Crippen molar-refractivity contribution in [2.75, 3.05) is 11.9 Å². The molecule has 0 saturated carbocycles. The Bertz CT molecular complexity index is 485. The van der Waals surface area contributed by atoms with Gasteiger partial charge < -0.3 is 10.1 Å². The van der Waals surface area contributed by atoms with E-state index in [9.17, 15) is 0 Å². The summed E-state index contributed by atoms with van der Waals surface area (Å²) in [6.45, 7) is 3.59. The van der Waals surface area contributed by atoms with Crippen molar-refractivity contribution in [3.05, 3.63) is 45.6 Å². The summed E-state index contributed by atoms with van der Waals surface area (Å²) in [4.78, 5) is 1.30. The molecule has 0 saturated heterocycles. The van der Waals surface area contributed by atoms with Crippen LogP contribution in [0.15, 0.2) is 35.7 Å². The summed E-state index contributed by atoms with van der Waals surface area (Å²) in [6, 6.07) is 9.97. The summed E-state index contributed by atoms with van der Waals surface area (Å²) < 4.78 is 5.53. The lowest BCUT2D eigenvalue weighted by Gasteiger charge is -2.09. The van der Waals surface area contributed by atoms with Gasteiger partial charge in [0.25, 0.3) is 0 Å². The summed E-state index contributed by atoms with van der Waals surface area (Å²) in [5.74, 6) is 0.750. The zero-order chi connectivity index (χ0) is 12.8. The van der Waals surface area contributed by atoms with Crippen LogP contribution in [0.5, 0.6) is 5.75 Å². The second kappa shape index (κ2) is 6.66. The van der Waals surface area contributed by atoms with Crippen LogP contribution in [0.1, 0.15) is 18.2 Å². The van der Waals surface area contributed by atoms with Crippen LogP contribution in [-0.4, -0.2) is 6.61 Å². The smallest absolute Gasteiger partial charge is 0.138 e. The number of nitrogens with one attached hydrogen (secondary N) is 1. The van der Waals surface area contributed by atoms with Crippen LogP contribution in [0, 0.1) is 0 Å². The molecule has 0 aliphatic carbocycles. The minimum Gasteiger partial charge on any atom is -0.492 e. The maximum Gasteiger partial charge on any atom is 0.138 e. The molecule has 0 amide bonds. The van der Waals surface area contributed by atoms with Gasteiger partial charge in [-0.05, 0) is 36.1 Å². The lowest BCUT2D eigenvalue weighted by Crippen LogP contribution is -1.99. The van der Waals surface area contributed by atoms with E-state index in [1.165, 1.54) is 4.88 Å². The number of thiophene rings is 1. The number of hydrogen-bond acceptors (Lipinski definition) is 3. The Morgan fingerprint density at radius 3 is 2.89 bits per heavy atom. The third-order valence-electron chi connectivity index (χ3n) is 2.44. The van der Waals surface area contributed by atoms with Crippen LogP contribution in [-0.2, 0) is 6.54 Å². The molecule has 0 aliphatic heterocycles. The fraction of sp³-hybridized carbons (Fsp3) is 0.286. The average Bonchev–Trinajstić information content (AvgIpc) is 2.88. The third kappa shape index (κ3) is 3.65. The van der Waals surface area contributed by atoms with Gasteiger partial charge in [0.1, 0.15) is 5.75 Å². The predicted octanol–water partition coefficient (Wildman–Crippen LogP) is 4.80. The molecule has 0 radical (unpaired) electrons. The molecule has 1 N–H and O–H groups in total. The van der Waals surface area contributed by atoms with Crippen molar-refractivity contribution in [2.45, 2.75) is 19.9 Å². The van der Waals surface area contributed by atoms with Gasteiger partial charge in [0.15, 0.2) is 0 Å². The molecule has 4 heteroatoms. The van der Waals surface area contributed by atoms with Gasteiger partial charge in [0.2, 0.25) is 0 Å². The second-order valence-electron chi connectivity index (χ2n) is 3.93. The molecular weight excluding hydrogens is 266 g/mol. The number of halogens is 1. The van der Waals surface area contributed by atoms with Crippen molar-refractivity contribution in [1.82, 2.24) is 0 Å². The summed E-state index contributed by atoms with van der Waals surface area (Å²) in [5, 5.41) is 6.07. The molecule has 2 aromatic rings. The topological polar surface area (TPSA) is 21.3 Å². The van der Waals surface area contributed by atoms with E-state index in [4.69, 9.17) is 16.3 Å². The molecule has 1 heterocycles. The fourth-order valence-electron chi connectivity index (χ4n) is 1.54. The number of ether oxygens (including phenoxy) is 1. The maximum absolute atomic E-state index is 6.16. The van der Waals surface area contributed by atoms with E-state index in [1.54, 1.807) is 11.3 Å². The fourth-order valence-corrected chi connectivity index (χ4v) is 2.42. The first-order chi connectivity index (χ1) is 8.79. The van der Waals surface area contributed by atoms with Gasteiger partial charge in [0.05, 0.1) is 11.6 Å². The molecule has 0 unspecified atom stereocenters. The van der Waals surface area contributed by atoms with E-state index in [-0.39, 0.29) is 0 Å². The van der Waals surface area contributed by atoms with Crippen molar-refractivity contribution in [2.24, 2.45) is 0 Å². The molecule has 0 aliphatic rings. The van der Waals surface area contributed by atoms with Crippen LogP contribution in [0.2, 0.25) is 5.02 Å². The molecule has 96 valence electrons. The van der Waals surface area contributed by atoms with E-state index in [1.807, 2.05) is 18.2 Å². The molecule has 18 heavy (non-hydrogen) atoms. The summed E-state index contributed by atoms with van der Waals surface area (Å²) in [6.07, 6.45) is 0.981.